The van der Waals surface area contributed by atoms with Crippen molar-refractivity contribution in [1.29, 1.82) is 0 Å². The molecular formula is C10H20N2O4S. The molecule has 0 aromatic carbocycles. The van der Waals surface area contributed by atoms with Crippen LogP contribution in [0.1, 0.15) is 27.7 Å². The van der Waals surface area contributed by atoms with Crippen molar-refractivity contribution in [3.05, 3.63) is 0 Å². The van der Waals surface area contributed by atoms with Gasteiger partial charge in [0.25, 0.3) is 0 Å². The Bertz CT molecular complexity index is 386. The van der Waals surface area contributed by atoms with Crippen molar-refractivity contribution < 1.29 is 18.0 Å². The monoisotopic (exact) mass is 264 g/mol. The Balaban J connectivity index is 2.55. The second-order valence-electron chi connectivity index (χ2n) is 5.10. The Kier molecular flexibility index (Phi) is 4.16. The molecular weight excluding hydrogens is 244 g/mol. The average molecular weight is 264 g/mol. The fourth-order valence-electron chi connectivity index (χ4n) is 1.29. The maximum atomic E-state index is 11.7. The second kappa shape index (κ2) is 4.91. The highest BCUT2D eigenvalue weighted by Crippen LogP contribution is 2.16. The molecule has 1 fully saturated rings. The van der Waals surface area contributed by atoms with Gasteiger partial charge in [-0.2, -0.15) is 0 Å². The van der Waals surface area contributed by atoms with Crippen molar-refractivity contribution in [2.24, 2.45) is 5.41 Å². The summed E-state index contributed by atoms with van der Waals surface area (Å²) in [6, 6.07) is -0.275. The summed E-state index contributed by atoms with van der Waals surface area (Å²) in [5.74, 6) is -0.116. The Morgan fingerprint density at radius 3 is 2.53 bits per heavy atom. The maximum Gasteiger partial charge on any atom is 0.235 e. The molecule has 1 aliphatic rings. The van der Waals surface area contributed by atoms with E-state index in [1.807, 2.05) is 0 Å². The van der Waals surface area contributed by atoms with Gasteiger partial charge in [-0.3, -0.25) is 9.63 Å². The quantitative estimate of drug-likeness (QED) is 0.785. The standard InChI is InChI=1S/C10H20N2O4S/c1-5-17(14,15)12-6-8(7-16-12)11-9(13)10(2,3)4/h8H,5-7H2,1-4H3,(H,11,13)/t8-/m1/s1. The molecule has 0 saturated carbocycles. The van der Waals surface area contributed by atoms with Crippen LogP contribution in [0, 0.1) is 5.41 Å². The van der Waals surface area contributed by atoms with Gasteiger partial charge in [0.2, 0.25) is 15.9 Å². The van der Waals surface area contributed by atoms with Crippen LogP contribution >= 0.6 is 0 Å². The molecule has 0 aliphatic carbocycles. The molecule has 0 bridgehead atoms. The first-order chi connectivity index (χ1) is 7.66. The smallest absolute Gasteiger partial charge is 0.235 e. The van der Waals surface area contributed by atoms with E-state index in [9.17, 15) is 13.2 Å². The van der Waals surface area contributed by atoms with Crippen LogP contribution in [0.4, 0.5) is 0 Å². The summed E-state index contributed by atoms with van der Waals surface area (Å²) in [5.41, 5.74) is -0.489. The van der Waals surface area contributed by atoms with Crippen molar-refractivity contribution in [3.63, 3.8) is 0 Å². The van der Waals surface area contributed by atoms with E-state index in [2.05, 4.69) is 5.32 Å². The molecule has 1 aliphatic heterocycles. The fraction of sp³-hybridized carbons (Fsp3) is 0.900. The number of hydroxylamine groups is 1. The van der Waals surface area contributed by atoms with Gasteiger partial charge in [-0.05, 0) is 6.92 Å². The summed E-state index contributed by atoms with van der Waals surface area (Å²) in [6.45, 7) is 7.34. The zero-order chi connectivity index (χ0) is 13.3. The molecule has 0 unspecified atom stereocenters. The lowest BCUT2D eigenvalue weighted by Gasteiger charge is -2.20. The molecule has 0 aromatic heterocycles. The van der Waals surface area contributed by atoms with E-state index in [4.69, 9.17) is 4.84 Å². The zero-order valence-electron chi connectivity index (χ0n) is 10.7. The summed E-state index contributed by atoms with van der Waals surface area (Å²) < 4.78 is 24.0. The number of carbonyl (C=O) groups excluding carboxylic acids is 1. The summed E-state index contributed by atoms with van der Waals surface area (Å²) in [6.07, 6.45) is 0. The molecule has 0 radical (unpaired) electrons. The third-order valence-electron chi connectivity index (χ3n) is 2.48. The lowest BCUT2D eigenvalue weighted by molar-refractivity contribution is -0.129. The van der Waals surface area contributed by atoms with Crippen LogP contribution < -0.4 is 5.32 Å². The van der Waals surface area contributed by atoms with Crippen LogP contribution in [-0.2, 0) is 19.7 Å². The lowest BCUT2D eigenvalue weighted by atomic mass is 9.95. The highest BCUT2D eigenvalue weighted by molar-refractivity contribution is 7.88. The Labute approximate surface area is 102 Å². The second-order valence-corrected chi connectivity index (χ2v) is 7.25. The first-order valence-electron chi connectivity index (χ1n) is 5.61. The van der Waals surface area contributed by atoms with Crippen molar-refractivity contribution in [2.75, 3.05) is 18.9 Å². The molecule has 1 rings (SSSR count). The van der Waals surface area contributed by atoms with Gasteiger partial charge in [-0.25, -0.2) is 8.42 Å². The lowest BCUT2D eigenvalue weighted by Crippen LogP contribution is -2.44. The van der Waals surface area contributed by atoms with Crippen LogP contribution in [0.25, 0.3) is 0 Å². The van der Waals surface area contributed by atoms with Crippen LogP contribution in [0.5, 0.6) is 0 Å². The Morgan fingerprint density at radius 2 is 2.06 bits per heavy atom. The van der Waals surface area contributed by atoms with E-state index in [1.165, 1.54) is 0 Å². The van der Waals surface area contributed by atoms with Gasteiger partial charge < -0.3 is 5.32 Å². The number of nitrogens with zero attached hydrogens (tertiary/aromatic N) is 1. The number of hydrogen-bond donors (Lipinski definition) is 1. The van der Waals surface area contributed by atoms with Gasteiger partial charge >= 0.3 is 0 Å². The van der Waals surface area contributed by atoms with Gasteiger partial charge in [0, 0.05) is 5.41 Å². The van der Waals surface area contributed by atoms with Crippen LogP contribution in [-0.4, -0.2) is 43.7 Å². The number of amides is 1. The SMILES string of the molecule is CCS(=O)(=O)N1C[C@@H](NC(=O)C(C)(C)C)CO1. The molecule has 0 spiro atoms. The molecule has 1 saturated heterocycles. The van der Waals surface area contributed by atoms with Crippen molar-refractivity contribution >= 4 is 15.9 Å². The highest BCUT2D eigenvalue weighted by Gasteiger charge is 2.34. The molecule has 0 aromatic rings. The molecule has 17 heavy (non-hydrogen) atoms. The van der Waals surface area contributed by atoms with Gasteiger partial charge in [-0.1, -0.05) is 25.2 Å². The van der Waals surface area contributed by atoms with E-state index in [-0.39, 0.29) is 30.9 Å². The highest BCUT2D eigenvalue weighted by atomic mass is 32.2. The maximum absolute atomic E-state index is 11.7. The summed E-state index contributed by atoms with van der Waals surface area (Å²) >= 11 is 0. The molecule has 100 valence electrons. The number of rotatable bonds is 3. The predicted octanol–water partition coefficient (Wildman–Crippen LogP) is 0.114. The van der Waals surface area contributed by atoms with E-state index in [0.29, 0.717) is 0 Å². The minimum atomic E-state index is -3.34. The van der Waals surface area contributed by atoms with E-state index < -0.39 is 15.4 Å². The molecule has 1 N–H and O–H groups in total. The molecule has 1 amide bonds. The van der Waals surface area contributed by atoms with E-state index >= 15 is 0 Å². The third kappa shape index (κ3) is 3.65. The van der Waals surface area contributed by atoms with Crippen LogP contribution in [0.3, 0.4) is 0 Å². The number of sulfonamides is 1. The van der Waals surface area contributed by atoms with E-state index in [0.717, 1.165) is 4.47 Å². The van der Waals surface area contributed by atoms with Crippen LogP contribution in [0.2, 0.25) is 0 Å². The van der Waals surface area contributed by atoms with Gasteiger partial charge in [0.15, 0.2) is 0 Å². The van der Waals surface area contributed by atoms with Gasteiger partial charge in [0.1, 0.15) is 0 Å². The molecule has 1 heterocycles. The number of hydrogen-bond acceptors (Lipinski definition) is 4. The third-order valence-corrected chi connectivity index (χ3v) is 4.09. The average Bonchev–Trinajstić information content (AvgIpc) is 2.65. The molecule has 6 nitrogen and oxygen atoms in total. The van der Waals surface area contributed by atoms with Crippen molar-refractivity contribution in [1.82, 2.24) is 9.79 Å². The number of nitrogens with one attached hydrogen (secondary N) is 1. The summed E-state index contributed by atoms with van der Waals surface area (Å²) in [4.78, 5) is 16.8. The Hall–Kier alpha value is -0.660. The van der Waals surface area contributed by atoms with E-state index in [1.54, 1.807) is 27.7 Å². The Morgan fingerprint density at radius 1 is 1.47 bits per heavy atom. The minimum absolute atomic E-state index is 0.00701. The first kappa shape index (κ1) is 14.4. The van der Waals surface area contributed by atoms with Crippen LogP contribution in [0.15, 0.2) is 0 Å². The largest absolute Gasteiger partial charge is 0.349 e. The van der Waals surface area contributed by atoms with Crippen molar-refractivity contribution in [2.45, 2.75) is 33.7 Å². The fourth-order valence-corrected chi connectivity index (χ4v) is 2.20. The number of carbonyl (C=O) groups is 1. The first-order valence-corrected chi connectivity index (χ1v) is 7.22. The normalized spacial score (nSPS) is 22.7. The minimum Gasteiger partial charge on any atom is -0.349 e. The predicted molar refractivity (Wildman–Crippen MR) is 63.5 cm³/mol. The topological polar surface area (TPSA) is 75.7 Å². The summed E-state index contributed by atoms with van der Waals surface area (Å²) in [7, 11) is -3.34. The molecule has 1 atom stereocenters. The van der Waals surface area contributed by atoms with Gasteiger partial charge in [-0.15, -0.1) is 0 Å². The summed E-state index contributed by atoms with van der Waals surface area (Å²) in [5, 5.41) is 2.77. The molecule has 7 heteroatoms. The zero-order valence-corrected chi connectivity index (χ0v) is 11.5. The van der Waals surface area contributed by atoms with Crippen molar-refractivity contribution in [3.8, 4) is 0 Å². The van der Waals surface area contributed by atoms with Gasteiger partial charge in [0.05, 0.1) is 24.9 Å².